The van der Waals surface area contributed by atoms with Gasteiger partial charge in [-0.15, -0.1) is 0 Å². The van der Waals surface area contributed by atoms with Gasteiger partial charge in [-0.25, -0.2) is 0 Å². The number of carbonyl (C=O) groups is 1. The molecule has 0 fully saturated rings. The van der Waals surface area contributed by atoms with Gasteiger partial charge in [-0.05, 0) is 25.3 Å². The van der Waals surface area contributed by atoms with Crippen LogP contribution in [0.5, 0.6) is 0 Å². The molecule has 0 saturated carbocycles. The maximum atomic E-state index is 11.1. The quantitative estimate of drug-likeness (QED) is 0.542. The largest absolute Gasteiger partial charge is 0.295 e. The first kappa shape index (κ1) is 7.52. The molecule has 0 aromatic rings. The van der Waals surface area contributed by atoms with E-state index in [2.05, 4.69) is 13.8 Å². The Morgan fingerprint density at radius 3 is 2.40 bits per heavy atom. The van der Waals surface area contributed by atoms with Crippen molar-refractivity contribution in [2.45, 2.75) is 27.2 Å². The first-order chi connectivity index (χ1) is 4.61. The average molecular weight is 138 g/mol. The van der Waals surface area contributed by atoms with E-state index in [0.717, 1.165) is 6.42 Å². The summed E-state index contributed by atoms with van der Waals surface area (Å²) in [6.07, 6.45) is 2.77. The van der Waals surface area contributed by atoms with Crippen LogP contribution in [0.1, 0.15) is 27.2 Å². The van der Waals surface area contributed by atoms with Crippen molar-refractivity contribution in [3.63, 3.8) is 0 Å². The highest BCUT2D eigenvalue weighted by molar-refractivity contribution is 5.95. The number of ketones is 1. The highest BCUT2D eigenvalue weighted by Crippen LogP contribution is 2.27. The Kier molecular flexibility index (Phi) is 1.93. The predicted octanol–water partition coefficient (Wildman–Crippen LogP) is 2.18. The lowest BCUT2D eigenvalue weighted by Crippen LogP contribution is -2.13. The highest BCUT2D eigenvalue weighted by atomic mass is 16.1. The zero-order valence-electron chi connectivity index (χ0n) is 6.85. The second kappa shape index (κ2) is 2.57. The van der Waals surface area contributed by atoms with Gasteiger partial charge in [0.15, 0.2) is 5.78 Å². The van der Waals surface area contributed by atoms with Gasteiger partial charge in [0.05, 0.1) is 0 Å². The highest BCUT2D eigenvalue weighted by Gasteiger charge is 2.25. The lowest BCUT2D eigenvalue weighted by molar-refractivity contribution is -0.118. The molecule has 1 aliphatic carbocycles. The van der Waals surface area contributed by atoms with Crippen molar-refractivity contribution in [1.29, 1.82) is 0 Å². The molecule has 0 amide bonds. The van der Waals surface area contributed by atoms with E-state index in [-0.39, 0.29) is 5.92 Å². The summed E-state index contributed by atoms with van der Waals surface area (Å²) < 4.78 is 0. The van der Waals surface area contributed by atoms with Crippen molar-refractivity contribution in [2.24, 2.45) is 11.8 Å². The zero-order chi connectivity index (χ0) is 7.72. The van der Waals surface area contributed by atoms with Crippen LogP contribution >= 0.6 is 0 Å². The lowest BCUT2D eigenvalue weighted by Gasteiger charge is -2.11. The van der Waals surface area contributed by atoms with Gasteiger partial charge in [-0.1, -0.05) is 19.4 Å². The summed E-state index contributed by atoms with van der Waals surface area (Å²) in [4.78, 5) is 11.1. The Morgan fingerprint density at radius 1 is 1.60 bits per heavy atom. The Bertz CT molecular complexity index is 177. The summed E-state index contributed by atoms with van der Waals surface area (Å²) in [5.74, 6) is 1.11. The van der Waals surface area contributed by atoms with Crippen molar-refractivity contribution in [3.8, 4) is 0 Å². The normalized spacial score (nSPS) is 25.8. The molecule has 0 aromatic heterocycles. The predicted molar refractivity (Wildman–Crippen MR) is 41.7 cm³/mol. The van der Waals surface area contributed by atoms with Gasteiger partial charge >= 0.3 is 0 Å². The topological polar surface area (TPSA) is 17.1 Å². The van der Waals surface area contributed by atoms with E-state index in [1.165, 1.54) is 5.57 Å². The first-order valence-corrected chi connectivity index (χ1v) is 3.82. The zero-order valence-corrected chi connectivity index (χ0v) is 6.85. The molecule has 0 N–H and O–H groups in total. The summed E-state index contributed by atoms with van der Waals surface area (Å²) in [5.41, 5.74) is 1.24. The van der Waals surface area contributed by atoms with E-state index in [1.807, 2.05) is 6.92 Å². The molecule has 1 atom stereocenters. The molecule has 0 bridgehead atoms. The summed E-state index contributed by atoms with van der Waals surface area (Å²) in [6.45, 7) is 6.24. The van der Waals surface area contributed by atoms with Crippen LogP contribution in [0.3, 0.4) is 0 Å². The molecule has 0 aromatic carbocycles. The van der Waals surface area contributed by atoms with Crippen molar-refractivity contribution in [1.82, 2.24) is 0 Å². The van der Waals surface area contributed by atoms with Crippen LogP contribution in [-0.2, 0) is 4.79 Å². The van der Waals surface area contributed by atoms with Crippen LogP contribution in [0.15, 0.2) is 11.6 Å². The van der Waals surface area contributed by atoms with Gasteiger partial charge in [-0.3, -0.25) is 4.79 Å². The fraction of sp³-hybridized carbons (Fsp3) is 0.667. The number of hydrogen-bond donors (Lipinski definition) is 0. The lowest BCUT2D eigenvalue weighted by atomic mass is 9.92. The number of rotatable bonds is 1. The van der Waals surface area contributed by atoms with Crippen molar-refractivity contribution < 1.29 is 4.79 Å². The Labute approximate surface area is 62.1 Å². The third-order valence-electron chi connectivity index (χ3n) is 2.10. The molecule has 0 aliphatic heterocycles. The smallest absolute Gasteiger partial charge is 0.159 e. The second-order valence-electron chi connectivity index (χ2n) is 3.45. The molecule has 0 heterocycles. The van der Waals surface area contributed by atoms with Crippen LogP contribution in [-0.4, -0.2) is 5.78 Å². The van der Waals surface area contributed by atoms with Crippen LogP contribution in [0.25, 0.3) is 0 Å². The molecule has 1 unspecified atom stereocenters. The maximum Gasteiger partial charge on any atom is 0.159 e. The molecule has 1 nitrogen and oxygen atoms in total. The van der Waals surface area contributed by atoms with Crippen molar-refractivity contribution >= 4 is 5.78 Å². The SMILES string of the molecule is CC1=CC(=O)C(C(C)C)C1. The van der Waals surface area contributed by atoms with Gasteiger partial charge in [0.25, 0.3) is 0 Å². The maximum absolute atomic E-state index is 11.1. The molecule has 0 radical (unpaired) electrons. The van der Waals surface area contributed by atoms with E-state index in [0.29, 0.717) is 11.7 Å². The standard InChI is InChI=1S/C9H14O/c1-6(2)8-4-7(3)5-9(8)10/h5-6,8H,4H2,1-3H3. The molecular formula is C9H14O. The third kappa shape index (κ3) is 1.28. The Hall–Kier alpha value is -0.590. The average Bonchev–Trinajstić information content (AvgIpc) is 2.10. The summed E-state index contributed by atoms with van der Waals surface area (Å²) in [5, 5.41) is 0. The Balaban J connectivity index is 2.64. The van der Waals surface area contributed by atoms with Crippen LogP contribution in [0, 0.1) is 11.8 Å². The van der Waals surface area contributed by atoms with Gasteiger partial charge in [0, 0.05) is 5.92 Å². The van der Waals surface area contributed by atoms with Crippen LogP contribution in [0.2, 0.25) is 0 Å². The fourth-order valence-corrected chi connectivity index (χ4v) is 1.42. The summed E-state index contributed by atoms with van der Waals surface area (Å²) >= 11 is 0. The number of carbonyl (C=O) groups excluding carboxylic acids is 1. The van der Waals surface area contributed by atoms with E-state index in [9.17, 15) is 4.79 Å². The molecular weight excluding hydrogens is 124 g/mol. The number of hydrogen-bond acceptors (Lipinski definition) is 1. The molecule has 1 rings (SSSR count). The van der Waals surface area contributed by atoms with Gasteiger partial charge in [0.2, 0.25) is 0 Å². The van der Waals surface area contributed by atoms with E-state index < -0.39 is 0 Å². The molecule has 10 heavy (non-hydrogen) atoms. The van der Waals surface area contributed by atoms with Crippen molar-refractivity contribution in [2.75, 3.05) is 0 Å². The van der Waals surface area contributed by atoms with E-state index in [1.54, 1.807) is 6.08 Å². The van der Waals surface area contributed by atoms with Gasteiger partial charge < -0.3 is 0 Å². The van der Waals surface area contributed by atoms with E-state index >= 15 is 0 Å². The monoisotopic (exact) mass is 138 g/mol. The first-order valence-electron chi connectivity index (χ1n) is 3.82. The molecule has 56 valence electrons. The summed E-state index contributed by atoms with van der Waals surface area (Å²) in [6, 6.07) is 0. The second-order valence-corrected chi connectivity index (χ2v) is 3.45. The molecule has 1 aliphatic rings. The fourth-order valence-electron chi connectivity index (χ4n) is 1.42. The van der Waals surface area contributed by atoms with Crippen molar-refractivity contribution in [3.05, 3.63) is 11.6 Å². The molecule has 0 spiro atoms. The minimum atomic E-state index is 0.278. The van der Waals surface area contributed by atoms with Crippen LogP contribution < -0.4 is 0 Å². The number of allylic oxidation sites excluding steroid dienone is 2. The van der Waals surface area contributed by atoms with Gasteiger partial charge in [-0.2, -0.15) is 0 Å². The minimum Gasteiger partial charge on any atom is -0.295 e. The Morgan fingerprint density at radius 2 is 2.20 bits per heavy atom. The van der Waals surface area contributed by atoms with Crippen LogP contribution in [0.4, 0.5) is 0 Å². The van der Waals surface area contributed by atoms with Gasteiger partial charge in [0.1, 0.15) is 0 Å². The summed E-state index contributed by atoms with van der Waals surface area (Å²) in [7, 11) is 0. The minimum absolute atomic E-state index is 0.278. The molecule has 0 saturated heterocycles. The third-order valence-corrected chi connectivity index (χ3v) is 2.10. The van der Waals surface area contributed by atoms with E-state index in [4.69, 9.17) is 0 Å². The molecule has 1 heteroatoms.